The van der Waals surface area contributed by atoms with E-state index >= 15 is 0 Å². The fraction of sp³-hybridized carbons (Fsp3) is 0.929. The maximum absolute atomic E-state index is 11.4. The Labute approximate surface area is 110 Å². The first-order valence-electron chi connectivity index (χ1n) is 7.47. The SMILES string of the molecule is CC[C@H](NC(=O)NC)C1CCC(N2CCC2)CC1. The number of nitrogens with zero attached hydrogens (tertiary/aromatic N) is 1. The third-order valence-corrected chi connectivity index (χ3v) is 4.70. The molecule has 1 saturated carbocycles. The van der Waals surface area contributed by atoms with Gasteiger partial charge in [-0.15, -0.1) is 0 Å². The molecule has 0 bridgehead atoms. The highest BCUT2D eigenvalue weighted by Crippen LogP contribution is 2.32. The molecule has 2 fully saturated rings. The molecule has 2 rings (SSSR count). The largest absolute Gasteiger partial charge is 0.341 e. The van der Waals surface area contributed by atoms with E-state index in [1.807, 2.05) is 0 Å². The molecule has 0 radical (unpaired) electrons. The molecule has 1 saturated heterocycles. The van der Waals surface area contributed by atoms with E-state index < -0.39 is 0 Å². The van der Waals surface area contributed by atoms with Crippen molar-refractivity contribution in [3.05, 3.63) is 0 Å². The number of carbonyl (C=O) groups is 1. The summed E-state index contributed by atoms with van der Waals surface area (Å²) in [4.78, 5) is 14.0. The molecule has 1 heterocycles. The van der Waals surface area contributed by atoms with Gasteiger partial charge in [-0.2, -0.15) is 0 Å². The van der Waals surface area contributed by atoms with E-state index in [-0.39, 0.29) is 6.03 Å². The van der Waals surface area contributed by atoms with E-state index in [1.165, 1.54) is 45.2 Å². The number of likely N-dealkylation sites (tertiary alicyclic amines) is 1. The van der Waals surface area contributed by atoms with Crippen LogP contribution in [0.2, 0.25) is 0 Å². The van der Waals surface area contributed by atoms with Crippen LogP contribution >= 0.6 is 0 Å². The van der Waals surface area contributed by atoms with Crippen molar-refractivity contribution in [1.82, 2.24) is 15.5 Å². The summed E-state index contributed by atoms with van der Waals surface area (Å²) in [6.07, 6.45) is 7.59. The minimum Gasteiger partial charge on any atom is -0.341 e. The molecule has 1 aliphatic heterocycles. The molecule has 2 N–H and O–H groups in total. The van der Waals surface area contributed by atoms with Crippen LogP contribution in [0.15, 0.2) is 0 Å². The summed E-state index contributed by atoms with van der Waals surface area (Å²) in [5.74, 6) is 0.671. The van der Waals surface area contributed by atoms with Crippen LogP contribution < -0.4 is 10.6 Å². The molecule has 4 nitrogen and oxygen atoms in total. The molecule has 0 unspecified atom stereocenters. The molecule has 104 valence electrons. The molecular weight excluding hydrogens is 226 g/mol. The van der Waals surface area contributed by atoms with Crippen LogP contribution in [0, 0.1) is 5.92 Å². The molecule has 0 aromatic heterocycles. The second-order valence-electron chi connectivity index (χ2n) is 5.70. The van der Waals surface area contributed by atoms with Crippen LogP contribution in [-0.2, 0) is 0 Å². The Hall–Kier alpha value is -0.770. The van der Waals surface area contributed by atoms with Crippen molar-refractivity contribution in [2.45, 2.75) is 57.5 Å². The summed E-state index contributed by atoms with van der Waals surface area (Å²) in [7, 11) is 1.68. The van der Waals surface area contributed by atoms with Gasteiger partial charge >= 0.3 is 6.03 Å². The fourth-order valence-corrected chi connectivity index (χ4v) is 3.37. The maximum atomic E-state index is 11.4. The Morgan fingerprint density at radius 3 is 2.39 bits per heavy atom. The van der Waals surface area contributed by atoms with E-state index in [2.05, 4.69) is 22.5 Å². The van der Waals surface area contributed by atoms with E-state index in [0.717, 1.165) is 12.5 Å². The number of carbonyl (C=O) groups excluding carboxylic acids is 1. The topological polar surface area (TPSA) is 44.4 Å². The van der Waals surface area contributed by atoms with E-state index in [0.29, 0.717) is 12.0 Å². The van der Waals surface area contributed by atoms with Crippen LogP contribution in [0.3, 0.4) is 0 Å². The third-order valence-electron chi connectivity index (χ3n) is 4.70. The van der Waals surface area contributed by atoms with E-state index in [1.54, 1.807) is 7.05 Å². The Morgan fingerprint density at radius 2 is 1.94 bits per heavy atom. The van der Waals surface area contributed by atoms with Crippen LogP contribution in [0.1, 0.15) is 45.4 Å². The first kappa shape index (κ1) is 13.7. The van der Waals surface area contributed by atoms with Gasteiger partial charge in [0, 0.05) is 19.1 Å². The van der Waals surface area contributed by atoms with Crippen LogP contribution in [0.5, 0.6) is 0 Å². The van der Waals surface area contributed by atoms with Crippen molar-refractivity contribution in [2.24, 2.45) is 5.92 Å². The summed E-state index contributed by atoms with van der Waals surface area (Å²) in [5.41, 5.74) is 0. The Kier molecular flexibility index (Phi) is 4.87. The second-order valence-corrected chi connectivity index (χ2v) is 5.70. The summed E-state index contributed by atoms with van der Waals surface area (Å²) < 4.78 is 0. The van der Waals surface area contributed by atoms with Gasteiger partial charge in [-0.1, -0.05) is 6.92 Å². The van der Waals surface area contributed by atoms with Crippen molar-refractivity contribution >= 4 is 6.03 Å². The monoisotopic (exact) mass is 253 g/mol. The maximum Gasteiger partial charge on any atom is 0.314 e. The van der Waals surface area contributed by atoms with Gasteiger partial charge in [0.1, 0.15) is 0 Å². The minimum absolute atomic E-state index is 0.0354. The van der Waals surface area contributed by atoms with Gasteiger partial charge in [-0.3, -0.25) is 0 Å². The summed E-state index contributed by atoms with van der Waals surface area (Å²) in [6.45, 7) is 4.79. The lowest BCUT2D eigenvalue weighted by atomic mass is 9.79. The Balaban J connectivity index is 1.77. The highest BCUT2D eigenvalue weighted by molar-refractivity contribution is 5.73. The number of nitrogens with one attached hydrogen (secondary N) is 2. The number of rotatable bonds is 4. The first-order valence-corrected chi connectivity index (χ1v) is 7.47. The first-order chi connectivity index (χ1) is 8.74. The van der Waals surface area contributed by atoms with Crippen molar-refractivity contribution in [3.63, 3.8) is 0 Å². The van der Waals surface area contributed by atoms with Gasteiger partial charge in [0.05, 0.1) is 0 Å². The zero-order valence-electron chi connectivity index (χ0n) is 11.7. The average Bonchev–Trinajstić information content (AvgIpc) is 2.34. The Morgan fingerprint density at radius 1 is 1.28 bits per heavy atom. The molecule has 2 amide bonds. The number of urea groups is 1. The summed E-state index contributed by atoms with van der Waals surface area (Å²) in [5, 5.41) is 5.75. The lowest BCUT2D eigenvalue weighted by molar-refractivity contribution is 0.0729. The molecule has 18 heavy (non-hydrogen) atoms. The molecule has 4 heteroatoms. The zero-order chi connectivity index (χ0) is 13.0. The highest BCUT2D eigenvalue weighted by Gasteiger charge is 2.31. The lowest BCUT2D eigenvalue weighted by Crippen LogP contribution is -2.49. The third kappa shape index (κ3) is 3.16. The zero-order valence-corrected chi connectivity index (χ0v) is 11.7. The van der Waals surface area contributed by atoms with Crippen LogP contribution in [-0.4, -0.2) is 43.2 Å². The van der Waals surface area contributed by atoms with Crippen molar-refractivity contribution in [2.75, 3.05) is 20.1 Å². The quantitative estimate of drug-likeness (QED) is 0.804. The molecule has 0 aromatic carbocycles. The molecular formula is C14H27N3O. The van der Waals surface area contributed by atoms with Crippen LogP contribution in [0.25, 0.3) is 0 Å². The van der Waals surface area contributed by atoms with Gasteiger partial charge in [-0.05, 0) is 57.5 Å². The second kappa shape index (κ2) is 6.41. The van der Waals surface area contributed by atoms with Crippen LogP contribution in [0.4, 0.5) is 4.79 Å². The number of hydrogen-bond donors (Lipinski definition) is 2. The predicted octanol–water partition coefficient (Wildman–Crippen LogP) is 1.96. The highest BCUT2D eigenvalue weighted by atomic mass is 16.2. The summed E-state index contributed by atoms with van der Waals surface area (Å²) in [6, 6.07) is 1.14. The van der Waals surface area contributed by atoms with Gasteiger partial charge in [0.2, 0.25) is 0 Å². The molecule has 2 aliphatic rings. The predicted molar refractivity (Wildman–Crippen MR) is 73.6 cm³/mol. The van der Waals surface area contributed by atoms with Crippen molar-refractivity contribution in [1.29, 1.82) is 0 Å². The molecule has 0 spiro atoms. The van der Waals surface area contributed by atoms with E-state index in [4.69, 9.17) is 0 Å². The smallest absolute Gasteiger partial charge is 0.314 e. The summed E-state index contributed by atoms with van der Waals surface area (Å²) >= 11 is 0. The normalized spacial score (nSPS) is 30.3. The van der Waals surface area contributed by atoms with E-state index in [9.17, 15) is 4.79 Å². The minimum atomic E-state index is -0.0354. The van der Waals surface area contributed by atoms with Gasteiger partial charge in [0.15, 0.2) is 0 Å². The van der Waals surface area contributed by atoms with Crippen molar-refractivity contribution in [3.8, 4) is 0 Å². The Bertz CT molecular complexity index is 270. The standard InChI is InChI=1S/C14H27N3O/c1-3-13(16-14(18)15-2)11-5-7-12(8-6-11)17-9-4-10-17/h11-13H,3-10H2,1-2H3,(H2,15,16,18)/t11?,12?,13-/m0/s1. The lowest BCUT2D eigenvalue weighted by Gasteiger charge is -2.43. The van der Waals surface area contributed by atoms with Crippen molar-refractivity contribution < 1.29 is 4.79 Å². The molecule has 0 aromatic rings. The average molecular weight is 253 g/mol. The van der Waals surface area contributed by atoms with Gasteiger partial charge < -0.3 is 15.5 Å². The molecule has 1 atom stereocenters. The number of hydrogen-bond acceptors (Lipinski definition) is 2. The molecule has 1 aliphatic carbocycles. The van der Waals surface area contributed by atoms with Gasteiger partial charge in [0.25, 0.3) is 0 Å². The number of amides is 2. The fourth-order valence-electron chi connectivity index (χ4n) is 3.37. The van der Waals surface area contributed by atoms with Gasteiger partial charge in [-0.25, -0.2) is 4.79 Å².